The minimum absolute atomic E-state index is 0.379. The lowest BCUT2D eigenvalue weighted by molar-refractivity contribution is 0.185. The fourth-order valence-corrected chi connectivity index (χ4v) is 1.66. The molecule has 90 valence electrons. The lowest BCUT2D eigenvalue weighted by atomic mass is 10.1. The van der Waals surface area contributed by atoms with Gasteiger partial charge in [0.15, 0.2) is 5.69 Å². The number of rotatable bonds is 4. The van der Waals surface area contributed by atoms with E-state index in [4.69, 9.17) is 10.00 Å². The predicted molar refractivity (Wildman–Crippen MR) is 69.4 cm³/mol. The smallest absolute Gasteiger partial charge is 0.163 e. The average Bonchev–Trinajstić information content (AvgIpc) is 2.42. The first-order valence-corrected chi connectivity index (χ1v) is 5.54. The third-order valence-corrected chi connectivity index (χ3v) is 2.50. The molecular formula is C14H13N3O. The maximum atomic E-state index is 8.99. The number of nitrogens with zero attached hydrogens (tertiary/aromatic N) is 2. The summed E-state index contributed by atoms with van der Waals surface area (Å²) in [5.41, 5.74) is 3.03. The predicted octanol–water partition coefficient (Wildman–Crippen LogP) is 2.84. The van der Waals surface area contributed by atoms with Gasteiger partial charge in [-0.2, -0.15) is 5.26 Å². The molecule has 0 radical (unpaired) electrons. The third kappa shape index (κ3) is 2.65. The number of anilines is 2. The van der Waals surface area contributed by atoms with Gasteiger partial charge in [-0.15, -0.1) is 0 Å². The van der Waals surface area contributed by atoms with Crippen molar-refractivity contribution < 1.29 is 4.74 Å². The first kappa shape index (κ1) is 12.1. The maximum absolute atomic E-state index is 8.99. The van der Waals surface area contributed by atoms with Gasteiger partial charge in [-0.25, -0.2) is 4.98 Å². The van der Waals surface area contributed by atoms with Crippen molar-refractivity contribution in [2.24, 2.45) is 0 Å². The van der Waals surface area contributed by atoms with E-state index in [1.54, 1.807) is 19.4 Å². The van der Waals surface area contributed by atoms with Crippen molar-refractivity contribution in [3.8, 4) is 6.07 Å². The molecule has 0 aliphatic rings. The zero-order valence-corrected chi connectivity index (χ0v) is 10.1. The molecule has 0 atom stereocenters. The quantitative estimate of drug-likeness (QED) is 0.891. The highest BCUT2D eigenvalue weighted by Crippen LogP contribution is 2.22. The summed E-state index contributed by atoms with van der Waals surface area (Å²) >= 11 is 0. The van der Waals surface area contributed by atoms with Crippen LogP contribution in [0.1, 0.15) is 11.3 Å². The fourth-order valence-electron chi connectivity index (χ4n) is 1.66. The largest absolute Gasteiger partial charge is 0.380 e. The van der Waals surface area contributed by atoms with Crippen molar-refractivity contribution >= 4 is 11.4 Å². The Labute approximate surface area is 106 Å². The Hall–Kier alpha value is -2.38. The van der Waals surface area contributed by atoms with E-state index >= 15 is 0 Å². The van der Waals surface area contributed by atoms with Crippen LogP contribution in [-0.2, 0) is 11.3 Å². The second-order valence-electron chi connectivity index (χ2n) is 3.73. The van der Waals surface area contributed by atoms with E-state index in [2.05, 4.69) is 16.4 Å². The van der Waals surface area contributed by atoms with Gasteiger partial charge in [-0.1, -0.05) is 18.2 Å². The minimum Gasteiger partial charge on any atom is -0.380 e. The highest BCUT2D eigenvalue weighted by Gasteiger charge is 2.05. The second kappa shape index (κ2) is 5.80. The van der Waals surface area contributed by atoms with Crippen molar-refractivity contribution in [2.75, 3.05) is 12.4 Å². The molecular weight excluding hydrogens is 226 g/mol. The fraction of sp³-hybridized carbons (Fsp3) is 0.143. The molecule has 0 unspecified atom stereocenters. The summed E-state index contributed by atoms with van der Waals surface area (Å²) in [5.74, 6) is 0. The van der Waals surface area contributed by atoms with Crippen molar-refractivity contribution in [1.82, 2.24) is 4.98 Å². The molecule has 1 N–H and O–H groups in total. The molecule has 4 nitrogen and oxygen atoms in total. The average molecular weight is 239 g/mol. The molecule has 0 amide bonds. The topological polar surface area (TPSA) is 57.9 Å². The van der Waals surface area contributed by atoms with Crippen LogP contribution in [0, 0.1) is 11.3 Å². The monoisotopic (exact) mass is 239 g/mol. The number of methoxy groups -OCH3 is 1. The maximum Gasteiger partial charge on any atom is 0.163 e. The van der Waals surface area contributed by atoms with Crippen LogP contribution in [0.3, 0.4) is 0 Å². The lowest BCUT2D eigenvalue weighted by Gasteiger charge is -2.11. The van der Waals surface area contributed by atoms with E-state index in [-0.39, 0.29) is 0 Å². The minimum atomic E-state index is 0.379. The normalized spacial score (nSPS) is 9.78. The molecule has 4 heteroatoms. The molecule has 18 heavy (non-hydrogen) atoms. The van der Waals surface area contributed by atoms with E-state index < -0.39 is 0 Å². The summed E-state index contributed by atoms with van der Waals surface area (Å²) in [5, 5.41) is 12.2. The van der Waals surface area contributed by atoms with Crippen LogP contribution >= 0.6 is 0 Å². The van der Waals surface area contributed by atoms with Crippen LogP contribution in [0.5, 0.6) is 0 Å². The van der Waals surface area contributed by atoms with Crippen LogP contribution in [0.25, 0.3) is 0 Å². The summed E-state index contributed by atoms with van der Waals surface area (Å²) in [6, 6.07) is 13.5. The molecule has 1 aromatic heterocycles. The summed E-state index contributed by atoms with van der Waals surface area (Å²) in [6.45, 7) is 0.519. The Kier molecular flexibility index (Phi) is 3.90. The Balaban J connectivity index is 2.31. The molecule has 0 saturated heterocycles. The standard InChI is InChI=1S/C14H13N3O/c1-18-10-11-5-2-3-6-12(11)17-13-7-4-8-16-14(13)9-15/h2-8,17H,10H2,1H3. The van der Waals surface area contributed by atoms with E-state index in [0.29, 0.717) is 18.0 Å². The van der Waals surface area contributed by atoms with Crippen molar-refractivity contribution in [1.29, 1.82) is 5.26 Å². The van der Waals surface area contributed by atoms with Crippen LogP contribution in [0.15, 0.2) is 42.6 Å². The second-order valence-corrected chi connectivity index (χ2v) is 3.73. The molecule has 1 heterocycles. The van der Waals surface area contributed by atoms with E-state index in [1.807, 2.05) is 30.3 Å². The molecule has 0 saturated carbocycles. The van der Waals surface area contributed by atoms with Gasteiger partial charge in [0.1, 0.15) is 6.07 Å². The van der Waals surface area contributed by atoms with Crippen LogP contribution < -0.4 is 5.32 Å². The summed E-state index contributed by atoms with van der Waals surface area (Å²) in [7, 11) is 1.65. The molecule has 2 aromatic rings. The molecule has 0 fully saturated rings. The highest BCUT2D eigenvalue weighted by molar-refractivity contribution is 5.66. The highest BCUT2D eigenvalue weighted by atomic mass is 16.5. The van der Waals surface area contributed by atoms with Gasteiger partial charge >= 0.3 is 0 Å². The molecule has 0 bridgehead atoms. The number of hydrogen-bond donors (Lipinski definition) is 1. The van der Waals surface area contributed by atoms with Crippen molar-refractivity contribution in [2.45, 2.75) is 6.61 Å². The SMILES string of the molecule is COCc1ccccc1Nc1cccnc1C#N. The van der Waals surface area contributed by atoms with Gasteiger partial charge in [0.05, 0.1) is 12.3 Å². The Morgan fingerprint density at radius 2 is 2.00 bits per heavy atom. The molecule has 0 spiro atoms. The van der Waals surface area contributed by atoms with Gasteiger partial charge in [0, 0.05) is 24.6 Å². The summed E-state index contributed by atoms with van der Waals surface area (Å²) in [4.78, 5) is 4.01. The molecule has 2 rings (SSSR count). The number of pyridine rings is 1. The van der Waals surface area contributed by atoms with Crippen molar-refractivity contribution in [3.05, 3.63) is 53.9 Å². The number of ether oxygens (including phenoxy) is 1. The Bertz CT molecular complexity index is 575. The van der Waals surface area contributed by atoms with Gasteiger partial charge in [-0.3, -0.25) is 0 Å². The van der Waals surface area contributed by atoms with Gasteiger partial charge in [-0.05, 0) is 18.2 Å². The van der Waals surface area contributed by atoms with E-state index in [9.17, 15) is 0 Å². The number of nitrogens with one attached hydrogen (secondary N) is 1. The zero-order valence-electron chi connectivity index (χ0n) is 10.1. The van der Waals surface area contributed by atoms with Crippen LogP contribution in [0.4, 0.5) is 11.4 Å². The first-order valence-electron chi connectivity index (χ1n) is 5.54. The van der Waals surface area contributed by atoms with Crippen LogP contribution in [-0.4, -0.2) is 12.1 Å². The number of aromatic nitrogens is 1. The van der Waals surface area contributed by atoms with Gasteiger partial charge in [0.2, 0.25) is 0 Å². The lowest BCUT2D eigenvalue weighted by Crippen LogP contribution is -1.99. The van der Waals surface area contributed by atoms with E-state index in [1.165, 1.54) is 0 Å². The van der Waals surface area contributed by atoms with Crippen molar-refractivity contribution in [3.63, 3.8) is 0 Å². The van der Waals surface area contributed by atoms with Gasteiger partial charge < -0.3 is 10.1 Å². The zero-order chi connectivity index (χ0) is 12.8. The van der Waals surface area contributed by atoms with Gasteiger partial charge in [0.25, 0.3) is 0 Å². The molecule has 0 aliphatic heterocycles. The Morgan fingerprint density at radius 3 is 2.78 bits per heavy atom. The summed E-state index contributed by atoms with van der Waals surface area (Å²) < 4.78 is 5.14. The molecule has 0 aliphatic carbocycles. The number of para-hydroxylation sites is 1. The van der Waals surface area contributed by atoms with Crippen LogP contribution in [0.2, 0.25) is 0 Å². The number of nitriles is 1. The first-order chi connectivity index (χ1) is 8.85. The summed E-state index contributed by atoms with van der Waals surface area (Å²) in [6.07, 6.45) is 1.60. The Morgan fingerprint density at radius 1 is 1.22 bits per heavy atom. The number of benzene rings is 1. The van der Waals surface area contributed by atoms with E-state index in [0.717, 1.165) is 11.3 Å². The number of hydrogen-bond acceptors (Lipinski definition) is 4. The third-order valence-electron chi connectivity index (χ3n) is 2.50. The molecule has 1 aromatic carbocycles.